The van der Waals surface area contributed by atoms with E-state index in [1.54, 1.807) is 0 Å². The average molecular weight is 803 g/mol. The van der Waals surface area contributed by atoms with Gasteiger partial charge in [0.05, 0.1) is 16.4 Å². The van der Waals surface area contributed by atoms with Gasteiger partial charge in [0, 0.05) is 39.1 Å². The molecular weight excluding hydrogens is 761 g/mol. The maximum atomic E-state index is 2.45. The van der Waals surface area contributed by atoms with Crippen LogP contribution in [0.25, 0.3) is 60.9 Å². The Morgan fingerprint density at radius 3 is 1.49 bits per heavy atom. The first-order valence-corrected chi connectivity index (χ1v) is 21.8. The Hall–Kier alpha value is -8.20. The van der Waals surface area contributed by atoms with E-state index in [0.717, 1.165) is 22.7 Å². The van der Waals surface area contributed by atoms with Gasteiger partial charge in [-0.3, -0.25) is 0 Å². The second-order valence-corrected chi connectivity index (χ2v) is 16.4. The van der Waals surface area contributed by atoms with E-state index in [0.29, 0.717) is 0 Å². The molecule has 12 rings (SSSR count). The minimum absolute atomic E-state index is 0.507. The van der Waals surface area contributed by atoms with Crippen LogP contribution in [0, 0.1) is 0 Å². The third-order valence-corrected chi connectivity index (χ3v) is 13.1. The predicted octanol–water partition coefficient (Wildman–Crippen LogP) is 16.0. The molecule has 0 saturated carbocycles. The number of fused-ring (bicyclic) bond motifs is 6. The summed E-state index contributed by atoms with van der Waals surface area (Å²) < 4.78 is 2.42. The van der Waals surface area contributed by atoms with E-state index in [9.17, 15) is 0 Å². The highest BCUT2D eigenvalue weighted by atomic mass is 15.1. The number of rotatable bonds is 8. The molecule has 1 aromatic heterocycles. The van der Waals surface area contributed by atoms with E-state index in [1.165, 1.54) is 77.4 Å². The fraction of sp³-hybridized carbons (Fsp3) is 0.0164. The normalized spacial score (nSPS) is 12.6. The van der Waals surface area contributed by atoms with E-state index < -0.39 is 5.41 Å². The van der Waals surface area contributed by atoms with E-state index in [2.05, 4.69) is 264 Å². The fourth-order valence-corrected chi connectivity index (χ4v) is 10.3. The van der Waals surface area contributed by atoms with Crippen LogP contribution in [0.4, 0.5) is 17.1 Å². The SMILES string of the molecule is c1ccc(-c2ccc(N(c3ccc(-c4cccc5c6ccccc6n(-c6ccccc6)c45)cc3)c3ccc4c(c3)C(c3ccccc3)(c3ccccc3)c3ccccc3-4)cc2)cc1. The van der Waals surface area contributed by atoms with Gasteiger partial charge in [0.15, 0.2) is 0 Å². The Morgan fingerprint density at radius 2 is 0.810 bits per heavy atom. The lowest BCUT2D eigenvalue weighted by molar-refractivity contribution is 0.768. The summed E-state index contributed by atoms with van der Waals surface area (Å²) in [5, 5.41) is 2.50. The smallest absolute Gasteiger partial charge is 0.0714 e. The van der Waals surface area contributed by atoms with Gasteiger partial charge in [-0.1, -0.05) is 200 Å². The van der Waals surface area contributed by atoms with Crippen LogP contribution in [0.2, 0.25) is 0 Å². The minimum Gasteiger partial charge on any atom is -0.310 e. The fourth-order valence-electron chi connectivity index (χ4n) is 10.3. The summed E-state index contributed by atoms with van der Waals surface area (Å²) >= 11 is 0. The van der Waals surface area contributed by atoms with Crippen molar-refractivity contribution in [3.8, 4) is 39.1 Å². The van der Waals surface area contributed by atoms with E-state index in [1.807, 2.05) is 0 Å². The molecule has 1 heterocycles. The van der Waals surface area contributed by atoms with Gasteiger partial charge >= 0.3 is 0 Å². The van der Waals surface area contributed by atoms with Crippen LogP contribution in [0.5, 0.6) is 0 Å². The van der Waals surface area contributed by atoms with Crippen molar-refractivity contribution in [2.45, 2.75) is 5.41 Å². The molecule has 0 fully saturated rings. The summed E-state index contributed by atoms with van der Waals surface area (Å²) in [6, 6.07) is 93.2. The maximum Gasteiger partial charge on any atom is 0.0714 e. The molecule has 63 heavy (non-hydrogen) atoms. The van der Waals surface area contributed by atoms with Crippen molar-refractivity contribution < 1.29 is 0 Å². The lowest BCUT2D eigenvalue weighted by atomic mass is 9.67. The molecule has 0 saturated heterocycles. The first kappa shape index (κ1) is 36.6. The second kappa shape index (κ2) is 15.1. The molecule has 2 nitrogen and oxygen atoms in total. The van der Waals surface area contributed by atoms with Gasteiger partial charge in [0.25, 0.3) is 0 Å². The van der Waals surface area contributed by atoms with E-state index >= 15 is 0 Å². The maximum absolute atomic E-state index is 2.45. The molecule has 296 valence electrons. The second-order valence-electron chi connectivity index (χ2n) is 16.4. The molecule has 0 aliphatic heterocycles. The highest BCUT2D eigenvalue weighted by Crippen LogP contribution is 2.57. The summed E-state index contributed by atoms with van der Waals surface area (Å²) in [5.41, 5.74) is 18.7. The summed E-state index contributed by atoms with van der Waals surface area (Å²) in [5.74, 6) is 0. The van der Waals surface area contributed by atoms with Crippen LogP contribution in [-0.2, 0) is 5.41 Å². The Morgan fingerprint density at radius 1 is 0.317 bits per heavy atom. The molecule has 0 unspecified atom stereocenters. The van der Waals surface area contributed by atoms with Crippen molar-refractivity contribution in [1.82, 2.24) is 4.57 Å². The molecule has 1 aliphatic rings. The predicted molar refractivity (Wildman–Crippen MR) is 264 cm³/mol. The highest BCUT2D eigenvalue weighted by molar-refractivity contribution is 6.13. The molecule has 0 radical (unpaired) electrons. The molecule has 0 atom stereocenters. The van der Waals surface area contributed by atoms with Crippen molar-refractivity contribution in [1.29, 1.82) is 0 Å². The molecule has 0 amide bonds. The Labute approximate surface area is 368 Å². The first-order valence-electron chi connectivity index (χ1n) is 21.8. The van der Waals surface area contributed by atoms with Crippen molar-refractivity contribution >= 4 is 38.9 Å². The lowest BCUT2D eigenvalue weighted by Crippen LogP contribution is -2.28. The molecule has 0 N–H and O–H groups in total. The monoisotopic (exact) mass is 802 g/mol. The van der Waals surface area contributed by atoms with Gasteiger partial charge in [-0.05, 0) is 105 Å². The van der Waals surface area contributed by atoms with Gasteiger partial charge in [0.1, 0.15) is 0 Å². The molecule has 1 aliphatic carbocycles. The third kappa shape index (κ3) is 5.87. The summed E-state index contributed by atoms with van der Waals surface area (Å²) in [7, 11) is 0. The summed E-state index contributed by atoms with van der Waals surface area (Å²) in [6.45, 7) is 0. The minimum atomic E-state index is -0.507. The van der Waals surface area contributed by atoms with Crippen LogP contribution < -0.4 is 4.90 Å². The van der Waals surface area contributed by atoms with Crippen LogP contribution in [-0.4, -0.2) is 4.57 Å². The number of benzene rings is 10. The van der Waals surface area contributed by atoms with Crippen molar-refractivity contribution in [3.63, 3.8) is 0 Å². The Balaban J connectivity index is 1.05. The number of aromatic nitrogens is 1. The molecule has 10 aromatic carbocycles. The highest BCUT2D eigenvalue weighted by Gasteiger charge is 2.46. The zero-order chi connectivity index (χ0) is 41.7. The van der Waals surface area contributed by atoms with Crippen LogP contribution in [0.1, 0.15) is 22.3 Å². The number of anilines is 3. The topological polar surface area (TPSA) is 8.17 Å². The van der Waals surface area contributed by atoms with Gasteiger partial charge in [-0.15, -0.1) is 0 Å². The molecule has 11 aromatic rings. The van der Waals surface area contributed by atoms with Gasteiger partial charge in [-0.25, -0.2) is 0 Å². The van der Waals surface area contributed by atoms with Crippen LogP contribution in [0.15, 0.2) is 255 Å². The average Bonchev–Trinajstić information content (AvgIpc) is 3.86. The quantitative estimate of drug-likeness (QED) is 0.149. The van der Waals surface area contributed by atoms with Crippen molar-refractivity contribution in [2.75, 3.05) is 4.90 Å². The number of hydrogen-bond donors (Lipinski definition) is 0. The van der Waals surface area contributed by atoms with Crippen molar-refractivity contribution in [3.05, 3.63) is 277 Å². The first-order chi connectivity index (χ1) is 31.3. The van der Waals surface area contributed by atoms with Crippen LogP contribution in [0.3, 0.4) is 0 Å². The molecule has 0 spiro atoms. The number of hydrogen-bond acceptors (Lipinski definition) is 1. The Bertz CT molecular complexity index is 3370. The van der Waals surface area contributed by atoms with E-state index in [4.69, 9.17) is 0 Å². The van der Waals surface area contributed by atoms with Gasteiger partial charge in [-0.2, -0.15) is 0 Å². The molecule has 2 heteroatoms. The van der Waals surface area contributed by atoms with Gasteiger partial charge < -0.3 is 9.47 Å². The molecular formula is C61H42N2. The number of para-hydroxylation sites is 3. The largest absolute Gasteiger partial charge is 0.310 e. The number of nitrogens with zero attached hydrogens (tertiary/aromatic N) is 2. The van der Waals surface area contributed by atoms with Crippen molar-refractivity contribution in [2.24, 2.45) is 0 Å². The summed E-state index contributed by atoms with van der Waals surface area (Å²) in [6.07, 6.45) is 0. The zero-order valence-electron chi connectivity index (χ0n) is 34.6. The summed E-state index contributed by atoms with van der Waals surface area (Å²) in [4.78, 5) is 2.42. The lowest BCUT2D eigenvalue weighted by Gasteiger charge is -2.35. The third-order valence-electron chi connectivity index (χ3n) is 13.1. The Kier molecular flexibility index (Phi) is 8.76. The van der Waals surface area contributed by atoms with E-state index in [-0.39, 0.29) is 0 Å². The zero-order valence-corrected chi connectivity index (χ0v) is 34.6. The van der Waals surface area contributed by atoms with Crippen LogP contribution >= 0.6 is 0 Å². The standard InChI is InChI=1S/C61H42N2/c1-5-18-43(19-6-1)44-32-36-49(37-33-44)62(50-38-34-45(35-39-50)52-28-17-29-56-55-27-14-16-31-59(55)63(60(52)56)48-24-11-4-12-25-48)51-40-41-54-53-26-13-15-30-57(53)61(58(54)42-51,46-20-7-2-8-21-46)47-22-9-3-10-23-47/h1-42H. The van der Waals surface area contributed by atoms with Gasteiger partial charge in [0.2, 0.25) is 0 Å². The molecule has 0 bridgehead atoms.